The van der Waals surface area contributed by atoms with Crippen LogP contribution in [0.4, 0.5) is 0 Å². The molecule has 1 aliphatic rings. The van der Waals surface area contributed by atoms with E-state index in [0.717, 1.165) is 19.3 Å². The first kappa shape index (κ1) is 16.2. The Morgan fingerprint density at radius 1 is 0.955 bits per heavy atom. The van der Waals surface area contributed by atoms with Gasteiger partial charge in [-0.25, -0.2) is 0 Å². The summed E-state index contributed by atoms with van der Waals surface area (Å²) in [7, 11) is 0. The average molecular weight is 299 g/mol. The van der Waals surface area contributed by atoms with E-state index >= 15 is 0 Å². The van der Waals surface area contributed by atoms with Crippen molar-refractivity contribution in [1.82, 2.24) is 4.90 Å². The number of ether oxygens (including phenoxy) is 1. The fourth-order valence-corrected chi connectivity index (χ4v) is 2.20. The quantitative estimate of drug-likeness (QED) is 0.520. The van der Waals surface area contributed by atoms with Gasteiger partial charge < -0.3 is 4.74 Å². The van der Waals surface area contributed by atoms with E-state index in [0.29, 0.717) is 19.8 Å². The minimum absolute atomic E-state index is 0.202. The molecule has 116 valence electrons. The second-order valence-electron chi connectivity index (χ2n) is 5.11. The average Bonchev–Trinajstić information content (AvgIpc) is 2.86. The lowest BCUT2D eigenvalue weighted by atomic mass is 10.2. The highest BCUT2D eigenvalue weighted by Crippen LogP contribution is 2.06. The molecule has 4 nitrogen and oxygen atoms in total. The van der Waals surface area contributed by atoms with Gasteiger partial charge in [0.1, 0.15) is 0 Å². The summed E-state index contributed by atoms with van der Waals surface area (Å²) in [6.07, 6.45) is 9.39. The van der Waals surface area contributed by atoms with Crippen molar-refractivity contribution in [3.05, 3.63) is 54.1 Å². The van der Waals surface area contributed by atoms with Crippen molar-refractivity contribution >= 4 is 17.9 Å². The maximum Gasteiger partial charge on any atom is 0.253 e. The molecule has 0 N–H and O–H groups in total. The van der Waals surface area contributed by atoms with Crippen molar-refractivity contribution in [1.29, 1.82) is 0 Å². The molecule has 0 saturated heterocycles. The first-order valence-electron chi connectivity index (χ1n) is 7.60. The molecule has 0 spiro atoms. The largest absolute Gasteiger partial charge is 0.377 e. The van der Waals surface area contributed by atoms with Gasteiger partial charge in [-0.05, 0) is 24.8 Å². The molecule has 0 bridgehead atoms. The fraction of sp³-hybridized carbons (Fsp3) is 0.333. The van der Waals surface area contributed by atoms with Crippen LogP contribution in [0.1, 0.15) is 24.8 Å². The fourth-order valence-electron chi connectivity index (χ4n) is 2.20. The number of imide groups is 1. The zero-order valence-corrected chi connectivity index (χ0v) is 12.6. The summed E-state index contributed by atoms with van der Waals surface area (Å²) >= 11 is 0. The van der Waals surface area contributed by atoms with E-state index in [9.17, 15) is 9.59 Å². The summed E-state index contributed by atoms with van der Waals surface area (Å²) in [4.78, 5) is 23.9. The molecule has 0 aromatic heterocycles. The van der Waals surface area contributed by atoms with Crippen molar-refractivity contribution in [2.75, 3.05) is 19.8 Å². The Hall–Kier alpha value is -2.20. The van der Waals surface area contributed by atoms with Crippen LogP contribution in [0.25, 0.3) is 6.08 Å². The molecule has 0 atom stereocenters. The van der Waals surface area contributed by atoms with Gasteiger partial charge in [-0.2, -0.15) is 0 Å². The molecular formula is C18H21NO3. The first-order chi connectivity index (χ1) is 10.8. The van der Waals surface area contributed by atoms with Crippen LogP contribution in [0.15, 0.2) is 48.6 Å². The minimum Gasteiger partial charge on any atom is -0.377 e. The van der Waals surface area contributed by atoms with Gasteiger partial charge in [-0.3, -0.25) is 14.5 Å². The van der Waals surface area contributed by atoms with Crippen molar-refractivity contribution in [3.63, 3.8) is 0 Å². The molecule has 0 radical (unpaired) electrons. The predicted molar refractivity (Wildman–Crippen MR) is 86.0 cm³/mol. The number of hydrogen-bond acceptors (Lipinski definition) is 3. The van der Waals surface area contributed by atoms with Gasteiger partial charge in [-0.15, -0.1) is 0 Å². The first-order valence-corrected chi connectivity index (χ1v) is 7.60. The summed E-state index contributed by atoms with van der Waals surface area (Å²) < 4.78 is 5.52. The third-order valence-corrected chi connectivity index (χ3v) is 3.39. The van der Waals surface area contributed by atoms with E-state index in [1.165, 1.54) is 22.6 Å². The van der Waals surface area contributed by atoms with E-state index in [-0.39, 0.29) is 11.8 Å². The molecule has 0 unspecified atom stereocenters. The third kappa shape index (κ3) is 5.30. The van der Waals surface area contributed by atoms with Gasteiger partial charge in [0.05, 0.1) is 6.61 Å². The monoisotopic (exact) mass is 299 g/mol. The van der Waals surface area contributed by atoms with Gasteiger partial charge in [0.2, 0.25) is 0 Å². The summed E-state index contributed by atoms with van der Waals surface area (Å²) in [5, 5.41) is 0. The van der Waals surface area contributed by atoms with Crippen LogP contribution in [0.3, 0.4) is 0 Å². The molecule has 0 fully saturated rings. The van der Waals surface area contributed by atoms with Crippen LogP contribution < -0.4 is 0 Å². The lowest BCUT2D eigenvalue weighted by Crippen LogP contribution is -2.30. The molecule has 2 rings (SSSR count). The summed E-state index contributed by atoms with van der Waals surface area (Å²) in [6, 6.07) is 10.1. The molecule has 0 aliphatic carbocycles. The summed E-state index contributed by atoms with van der Waals surface area (Å²) in [5.41, 5.74) is 1.17. The Kier molecular flexibility index (Phi) is 6.58. The van der Waals surface area contributed by atoms with Gasteiger partial charge in [-0.1, -0.05) is 42.5 Å². The van der Waals surface area contributed by atoms with Crippen molar-refractivity contribution in [3.8, 4) is 0 Å². The molecule has 1 aromatic rings. The Morgan fingerprint density at radius 2 is 1.68 bits per heavy atom. The Balaban J connectivity index is 1.47. The maximum atomic E-state index is 11.3. The number of hydrogen-bond donors (Lipinski definition) is 0. The third-order valence-electron chi connectivity index (χ3n) is 3.39. The highest BCUT2D eigenvalue weighted by Gasteiger charge is 2.21. The normalized spacial score (nSPS) is 14.5. The van der Waals surface area contributed by atoms with Crippen LogP contribution in [0.5, 0.6) is 0 Å². The predicted octanol–water partition coefficient (Wildman–Crippen LogP) is 2.81. The zero-order valence-electron chi connectivity index (χ0n) is 12.6. The van der Waals surface area contributed by atoms with E-state index in [4.69, 9.17) is 4.74 Å². The number of amides is 2. The number of carbonyl (C=O) groups is 2. The number of rotatable bonds is 9. The van der Waals surface area contributed by atoms with Gasteiger partial charge in [0, 0.05) is 25.3 Å². The van der Waals surface area contributed by atoms with E-state index < -0.39 is 0 Å². The van der Waals surface area contributed by atoms with Crippen molar-refractivity contribution in [2.45, 2.75) is 19.3 Å². The molecule has 2 amide bonds. The molecular weight excluding hydrogens is 278 g/mol. The van der Waals surface area contributed by atoms with Crippen LogP contribution in [-0.4, -0.2) is 36.5 Å². The number of benzene rings is 1. The Bertz CT molecular complexity index is 531. The van der Waals surface area contributed by atoms with Crippen LogP contribution >= 0.6 is 0 Å². The second-order valence-corrected chi connectivity index (χ2v) is 5.11. The van der Waals surface area contributed by atoms with Gasteiger partial charge in [0.15, 0.2) is 0 Å². The summed E-state index contributed by atoms with van der Waals surface area (Å²) in [6.45, 7) is 1.79. The number of carbonyl (C=O) groups excluding carboxylic acids is 2. The maximum absolute atomic E-state index is 11.3. The number of unbranched alkanes of at least 4 members (excludes halogenated alkanes) is 2. The van der Waals surface area contributed by atoms with Gasteiger partial charge >= 0.3 is 0 Å². The molecule has 1 aromatic carbocycles. The molecule has 0 saturated carbocycles. The number of nitrogens with zero attached hydrogens (tertiary/aromatic N) is 1. The van der Waals surface area contributed by atoms with E-state index in [1.54, 1.807) is 0 Å². The SMILES string of the molecule is O=C1C=CC(=O)N1CCCCCOCC=Cc1ccccc1. The van der Waals surface area contributed by atoms with Crippen LogP contribution in [0, 0.1) is 0 Å². The lowest BCUT2D eigenvalue weighted by Gasteiger charge is -2.12. The lowest BCUT2D eigenvalue weighted by molar-refractivity contribution is -0.136. The standard InChI is InChI=1S/C18H21NO3/c20-17-11-12-18(21)19(17)13-5-2-6-14-22-15-7-10-16-8-3-1-4-9-16/h1,3-4,7-12H,2,5-6,13-15H2. The Labute approximate surface area is 131 Å². The molecule has 1 aliphatic heterocycles. The van der Waals surface area contributed by atoms with Crippen molar-refractivity contribution in [2.24, 2.45) is 0 Å². The second kappa shape index (κ2) is 8.95. The van der Waals surface area contributed by atoms with E-state index in [1.807, 2.05) is 42.5 Å². The van der Waals surface area contributed by atoms with Crippen LogP contribution in [-0.2, 0) is 14.3 Å². The highest BCUT2D eigenvalue weighted by molar-refractivity contribution is 6.12. The van der Waals surface area contributed by atoms with Crippen molar-refractivity contribution < 1.29 is 14.3 Å². The Morgan fingerprint density at radius 3 is 2.41 bits per heavy atom. The van der Waals surface area contributed by atoms with E-state index in [2.05, 4.69) is 0 Å². The highest BCUT2D eigenvalue weighted by atomic mass is 16.5. The van der Waals surface area contributed by atoms with Gasteiger partial charge in [0.25, 0.3) is 11.8 Å². The smallest absolute Gasteiger partial charge is 0.253 e. The van der Waals surface area contributed by atoms with Crippen LogP contribution in [0.2, 0.25) is 0 Å². The summed E-state index contributed by atoms with van der Waals surface area (Å²) in [5.74, 6) is -0.403. The molecule has 22 heavy (non-hydrogen) atoms. The molecule has 1 heterocycles. The topological polar surface area (TPSA) is 46.6 Å². The molecule has 4 heteroatoms. The minimum atomic E-state index is -0.202. The zero-order chi connectivity index (χ0) is 15.6.